The van der Waals surface area contributed by atoms with Crippen LogP contribution in [0.4, 0.5) is 0 Å². The lowest BCUT2D eigenvalue weighted by molar-refractivity contribution is 0.319. The molecular formula is C10H11NOS2. The predicted octanol–water partition coefficient (Wildman–Crippen LogP) is 3.61. The molecule has 0 saturated carbocycles. The lowest BCUT2D eigenvalue weighted by Gasteiger charge is -2.06. The summed E-state index contributed by atoms with van der Waals surface area (Å²) in [4.78, 5) is 0. The van der Waals surface area contributed by atoms with E-state index in [0.29, 0.717) is 5.25 Å². The number of oxime groups is 1. The molecular weight excluding hydrogens is 214 g/mol. The monoisotopic (exact) mass is 225 g/mol. The third kappa shape index (κ3) is 2.07. The average molecular weight is 225 g/mol. The van der Waals surface area contributed by atoms with Gasteiger partial charge in [-0.1, -0.05) is 45.8 Å². The van der Waals surface area contributed by atoms with Gasteiger partial charge in [0, 0.05) is 11.7 Å². The van der Waals surface area contributed by atoms with Crippen LogP contribution >= 0.6 is 21.6 Å². The Kier molecular flexibility index (Phi) is 3.03. The van der Waals surface area contributed by atoms with Crippen molar-refractivity contribution in [1.82, 2.24) is 0 Å². The van der Waals surface area contributed by atoms with Gasteiger partial charge in [-0.15, -0.1) is 0 Å². The topological polar surface area (TPSA) is 32.6 Å². The first-order valence-corrected chi connectivity index (χ1v) is 6.61. The molecule has 1 fully saturated rings. The van der Waals surface area contributed by atoms with Crippen LogP contribution in [0.25, 0.3) is 0 Å². The second-order valence-electron chi connectivity index (χ2n) is 3.28. The SMILES string of the molecule is Cc1ccc(C2C/C(=N\O)SS2)cc1. The van der Waals surface area contributed by atoms with Gasteiger partial charge in [0.25, 0.3) is 0 Å². The predicted molar refractivity (Wildman–Crippen MR) is 62.9 cm³/mol. The molecule has 1 heterocycles. The summed E-state index contributed by atoms with van der Waals surface area (Å²) < 4.78 is 0. The summed E-state index contributed by atoms with van der Waals surface area (Å²) in [5.74, 6) is 0. The van der Waals surface area contributed by atoms with Crippen LogP contribution in [-0.4, -0.2) is 10.3 Å². The first kappa shape index (κ1) is 9.93. The van der Waals surface area contributed by atoms with E-state index in [4.69, 9.17) is 5.21 Å². The van der Waals surface area contributed by atoms with Gasteiger partial charge in [-0.25, -0.2) is 0 Å². The summed E-state index contributed by atoms with van der Waals surface area (Å²) in [7, 11) is 3.33. The number of aryl methyl sites for hydroxylation is 1. The van der Waals surface area contributed by atoms with Gasteiger partial charge in [-0.05, 0) is 23.3 Å². The number of hydrogen-bond donors (Lipinski definition) is 1. The highest BCUT2D eigenvalue weighted by molar-refractivity contribution is 8.83. The van der Waals surface area contributed by atoms with E-state index in [1.807, 2.05) is 0 Å². The molecule has 1 aromatic rings. The van der Waals surface area contributed by atoms with Gasteiger partial charge < -0.3 is 5.21 Å². The van der Waals surface area contributed by atoms with Crippen molar-refractivity contribution in [2.45, 2.75) is 18.6 Å². The Balaban J connectivity index is 2.13. The van der Waals surface area contributed by atoms with E-state index in [9.17, 15) is 0 Å². The van der Waals surface area contributed by atoms with E-state index in [-0.39, 0.29) is 0 Å². The van der Waals surface area contributed by atoms with E-state index < -0.39 is 0 Å². The van der Waals surface area contributed by atoms with Crippen LogP contribution in [0, 0.1) is 6.92 Å². The van der Waals surface area contributed by atoms with Crippen LogP contribution in [0.15, 0.2) is 29.4 Å². The summed E-state index contributed by atoms with van der Waals surface area (Å²) in [6.45, 7) is 2.08. The Morgan fingerprint density at radius 1 is 1.36 bits per heavy atom. The molecule has 0 aliphatic carbocycles. The fourth-order valence-corrected chi connectivity index (χ4v) is 3.97. The van der Waals surface area contributed by atoms with E-state index in [1.54, 1.807) is 21.6 Å². The normalized spacial score (nSPS) is 24.4. The highest BCUT2D eigenvalue weighted by Gasteiger charge is 2.24. The van der Waals surface area contributed by atoms with Gasteiger partial charge in [0.2, 0.25) is 0 Å². The molecule has 0 bridgehead atoms. The van der Waals surface area contributed by atoms with E-state index in [0.717, 1.165) is 11.5 Å². The summed E-state index contributed by atoms with van der Waals surface area (Å²) in [5.41, 5.74) is 2.59. The Morgan fingerprint density at radius 3 is 2.64 bits per heavy atom. The quantitative estimate of drug-likeness (QED) is 0.450. The molecule has 1 unspecified atom stereocenters. The fraction of sp³-hybridized carbons (Fsp3) is 0.300. The minimum absolute atomic E-state index is 0.437. The number of rotatable bonds is 1. The van der Waals surface area contributed by atoms with E-state index in [2.05, 4.69) is 36.3 Å². The molecule has 1 aliphatic heterocycles. The number of hydrogen-bond acceptors (Lipinski definition) is 4. The zero-order valence-corrected chi connectivity index (χ0v) is 9.44. The number of benzene rings is 1. The van der Waals surface area contributed by atoms with Gasteiger partial charge in [-0.2, -0.15) is 0 Å². The van der Waals surface area contributed by atoms with Crippen molar-refractivity contribution in [2.75, 3.05) is 0 Å². The smallest absolute Gasteiger partial charge is 0.124 e. The van der Waals surface area contributed by atoms with Crippen LogP contribution in [0.2, 0.25) is 0 Å². The molecule has 0 aromatic heterocycles. The Bertz CT molecular complexity index is 348. The van der Waals surface area contributed by atoms with Crippen molar-refractivity contribution in [3.8, 4) is 0 Å². The van der Waals surface area contributed by atoms with Crippen LogP contribution in [0.1, 0.15) is 22.8 Å². The Morgan fingerprint density at radius 2 is 2.07 bits per heavy atom. The fourth-order valence-electron chi connectivity index (χ4n) is 1.35. The minimum atomic E-state index is 0.437. The molecule has 0 spiro atoms. The molecule has 1 saturated heterocycles. The summed E-state index contributed by atoms with van der Waals surface area (Å²) in [5, 5.41) is 13.1. The molecule has 1 aliphatic rings. The van der Waals surface area contributed by atoms with Crippen molar-refractivity contribution in [1.29, 1.82) is 0 Å². The minimum Gasteiger partial charge on any atom is -0.410 e. The molecule has 74 valence electrons. The van der Waals surface area contributed by atoms with Crippen LogP contribution in [0.3, 0.4) is 0 Å². The third-order valence-corrected chi connectivity index (χ3v) is 4.95. The molecule has 1 N–H and O–H groups in total. The van der Waals surface area contributed by atoms with Crippen LogP contribution in [-0.2, 0) is 0 Å². The molecule has 0 radical (unpaired) electrons. The zero-order chi connectivity index (χ0) is 9.97. The summed E-state index contributed by atoms with van der Waals surface area (Å²) in [6, 6.07) is 8.53. The second-order valence-corrected chi connectivity index (χ2v) is 5.75. The molecule has 1 atom stereocenters. The third-order valence-electron chi connectivity index (χ3n) is 2.18. The molecule has 0 amide bonds. The first-order chi connectivity index (χ1) is 6.79. The Labute approximate surface area is 91.2 Å². The molecule has 14 heavy (non-hydrogen) atoms. The van der Waals surface area contributed by atoms with Crippen molar-refractivity contribution in [3.05, 3.63) is 35.4 Å². The van der Waals surface area contributed by atoms with Crippen LogP contribution in [0.5, 0.6) is 0 Å². The maximum Gasteiger partial charge on any atom is 0.124 e. The summed E-state index contributed by atoms with van der Waals surface area (Å²) >= 11 is 0. The van der Waals surface area contributed by atoms with Gasteiger partial charge in [0.15, 0.2) is 0 Å². The second kappa shape index (κ2) is 4.28. The summed E-state index contributed by atoms with van der Waals surface area (Å²) in [6.07, 6.45) is 0.842. The van der Waals surface area contributed by atoms with E-state index >= 15 is 0 Å². The van der Waals surface area contributed by atoms with Gasteiger partial charge in [0.05, 0.1) is 0 Å². The molecule has 2 rings (SSSR count). The maximum absolute atomic E-state index is 8.63. The lowest BCUT2D eigenvalue weighted by atomic mass is 10.1. The standard InChI is InChI=1S/C10H11NOS2/c1-7-2-4-8(5-3-7)9-6-10(11-12)14-13-9/h2-5,9,12H,6H2,1H3/b11-10+. The molecule has 1 aromatic carbocycles. The van der Waals surface area contributed by atoms with Gasteiger partial charge in [-0.3, -0.25) is 0 Å². The highest BCUT2D eigenvalue weighted by Crippen LogP contribution is 2.49. The van der Waals surface area contributed by atoms with Crippen molar-refractivity contribution in [3.63, 3.8) is 0 Å². The Hall–Kier alpha value is -0.610. The van der Waals surface area contributed by atoms with Crippen LogP contribution < -0.4 is 0 Å². The molecule has 4 heteroatoms. The van der Waals surface area contributed by atoms with Gasteiger partial charge in [0.1, 0.15) is 5.04 Å². The van der Waals surface area contributed by atoms with Crippen molar-refractivity contribution < 1.29 is 5.21 Å². The zero-order valence-electron chi connectivity index (χ0n) is 7.80. The molecule has 2 nitrogen and oxygen atoms in total. The van der Waals surface area contributed by atoms with Crippen molar-refractivity contribution in [2.24, 2.45) is 5.16 Å². The van der Waals surface area contributed by atoms with Crippen molar-refractivity contribution >= 4 is 26.6 Å². The maximum atomic E-state index is 8.63. The average Bonchev–Trinajstić information content (AvgIpc) is 2.67. The number of nitrogens with zero attached hydrogens (tertiary/aromatic N) is 1. The largest absolute Gasteiger partial charge is 0.410 e. The lowest BCUT2D eigenvalue weighted by Crippen LogP contribution is -1.92. The highest BCUT2D eigenvalue weighted by atomic mass is 33.1. The van der Waals surface area contributed by atoms with E-state index in [1.165, 1.54) is 11.1 Å². The first-order valence-electron chi connectivity index (χ1n) is 4.40. The van der Waals surface area contributed by atoms with Gasteiger partial charge >= 0.3 is 0 Å².